The molecule has 1 unspecified atom stereocenters. The fraction of sp³-hybridized carbons (Fsp3) is 0.600. The Morgan fingerprint density at radius 1 is 1.44 bits per heavy atom. The van der Waals surface area contributed by atoms with Crippen molar-refractivity contribution in [1.82, 2.24) is 0 Å². The smallest absolute Gasteiger partial charge is 0.121 e. The van der Waals surface area contributed by atoms with Crippen LogP contribution in [-0.2, 0) is 4.74 Å². The van der Waals surface area contributed by atoms with Crippen molar-refractivity contribution in [3.05, 3.63) is 29.3 Å². The molecule has 0 bridgehead atoms. The molecule has 1 aromatic rings. The summed E-state index contributed by atoms with van der Waals surface area (Å²) in [6.07, 6.45) is 0.968. The highest BCUT2D eigenvalue weighted by atomic mass is 16.5. The summed E-state index contributed by atoms with van der Waals surface area (Å²) < 4.78 is 10.5. The SMILES string of the molecule is COc1ccc(C(CO)CC2(C)COC2)cc1C. The third-order valence-corrected chi connectivity index (χ3v) is 3.75. The van der Waals surface area contributed by atoms with E-state index in [-0.39, 0.29) is 17.9 Å². The van der Waals surface area contributed by atoms with E-state index in [9.17, 15) is 5.11 Å². The maximum atomic E-state index is 9.61. The number of aliphatic hydroxyl groups is 1. The lowest BCUT2D eigenvalue weighted by Gasteiger charge is -2.40. The van der Waals surface area contributed by atoms with Crippen molar-refractivity contribution >= 4 is 0 Å². The van der Waals surface area contributed by atoms with Gasteiger partial charge in [-0.2, -0.15) is 0 Å². The largest absolute Gasteiger partial charge is 0.496 e. The number of rotatable bonds is 5. The van der Waals surface area contributed by atoms with Crippen LogP contribution >= 0.6 is 0 Å². The zero-order valence-corrected chi connectivity index (χ0v) is 11.4. The van der Waals surface area contributed by atoms with Gasteiger partial charge in [0.25, 0.3) is 0 Å². The zero-order chi connectivity index (χ0) is 13.2. The second-order valence-electron chi connectivity index (χ2n) is 5.62. The quantitative estimate of drug-likeness (QED) is 0.872. The minimum absolute atomic E-state index is 0.182. The third-order valence-electron chi connectivity index (χ3n) is 3.75. The molecule has 0 aromatic heterocycles. The van der Waals surface area contributed by atoms with Crippen LogP contribution in [0.25, 0.3) is 0 Å². The summed E-state index contributed by atoms with van der Waals surface area (Å²) in [6, 6.07) is 6.14. The Morgan fingerprint density at radius 3 is 2.61 bits per heavy atom. The molecule has 3 nitrogen and oxygen atoms in total. The molecule has 1 fully saturated rings. The van der Waals surface area contributed by atoms with Gasteiger partial charge in [0.2, 0.25) is 0 Å². The summed E-state index contributed by atoms with van der Waals surface area (Å²) in [6.45, 7) is 6.04. The predicted molar refractivity (Wildman–Crippen MR) is 71.1 cm³/mol. The fourth-order valence-electron chi connectivity index (χ4n) is 2.61. The van der Waals surface area contributed by atoms with Crippen LogP contribution in [0.15, 0.2) is 18.2 Å². The van der Waals surface area contributed by atoms with Crippen molar-refractivity contribution in [2.75, 3.05) is 26.9 Å². The summed E-state index contributed by atoms with van der Waals surface area (Å²) in [5, 5.41) is 9.61. The number of hydrogen-bond donors (Lipinski definition) is 1. The van der Waals surface area contributed by atoms with Gasteiger partial charge < -0.3 is 14.6 Å². The van der Waals surface area contributed by atoms with Crippen molar-refractivity contribution in [2.24, 2.45) is 5.41 Å². The van der Waals surface area contributed by atoms with E-state index in [4.69, 9.17) is 9.47 Å². The molecule has 1 aliphatic heterocycles. The van der Waals surface area contributed by atoms with Gasteiger partial charge in [-0.05, 0) is 30.5 Å². The molecular weight excluding hydrogens is 228 g/mol. The number of benzene rings is 1. The lowest BCUT2D eigenvalue weighted by Crippen LogP contribution is -2.41. The fourth-order valence-corrected chi connectivity index (χ4v) is 2.61. The summed E-state index contributed by atoms with van der Waals surface area (Å²) >= 11 is 0. The number of methoxy groups -OCH3 is 1. The van der Waals surface area contributed by atoms with Crippen LogP contribution in [0, 0.1) is 12.3 Å². The van der Waals surface area contributed by atoms with Gasteiger partial charge in [-0.3, -0.25) is 0 Å². The Bertz CT molecular complexity index is 410. The molecule has 0 radical (unpaired) electrons. The second-order valence-corrected chi connectivity index (χ2v) is 5.62. The standard InChI is InChI=1S/C15H22O3/c1-11-6-12(4-5-14(11)17-3)13(8-16)7-15(2)9-18-10-15/h4-6,13,16H,7-10H2,1-3H3. The molecule has 1 aliphatic rings. The number of aryl methyl sites for hydroxylation is 1. The first-order valence-electron chi connectivity index (χ1n) is 6.41. The van der Waals surface area contributed by atoms with Crippen LogP contribution in [0.1, 0.15) is 30.4 Å². The summed E-state index contributed by atoms with van der Waals surface area (Å²) in [7, 11) is 1.68. The first-order valence-corrected chi connectivity index (χ1v) is 6.41. The number of hydrogen-bond acceptors (Lipinski definition) is 3. The second kappa shape index (κ2) is 5.29. The molecule has 3 heteroatoms. The highest BCUT2D eigenvalue weighted by molar-refractivity contribution is 5.37. The van der Waals surface area contributed by atoms with Crippen molar-refractivity contribution in [3.63, 3.8) is 0 Å². The Labute approximate surface area is 109 Å². The van der Waals surface area contributed by atoms with Crippen molar-refractivity contribution in [1.29, 1.82) is 0 Å². The van der Waals surface area contributed by atoms with Crippen LogP contribution in [0.5, 0.6) is 5.75 Å². The summed E-state index contributed by atoms with van der Waals surface area (Å²) in [5.74, 6) is 1.08. The molecule has 1 N–H and O–H groups in total. The molecule has 100 valence electrons. The van der Waals surface area contributed by atoms with E-state index in [1.807, 2.05) is 13.0 Å². The van der Waals surface area contributed by atoms with Gasteiger partial charge in [0.15, 0.2) is 0 Å². The monoisotopic (exact) mass is 250 g/mol. The average Bonchev–Trinajstić information content (AvgIpc) is 2.33. The van der Waals surface area contributed by atoms with E-state index in [2.05, 4.69) is 19.1 Å². The van der Waals surface area contributed by atoms with Crippen LogP contribution in [0.4, 0.5) is 0 Å². The Hall–Kier alpha value is -1.06. The maximum Gasteiger partial charge on any atom is 0.121 e. The number of aliphatic hydroxyl groups excluding tert-OH is 1. The van der Waals surface area contributed by atoms with Gasteiger partial charge in [0, 0.05) is 17.9 Å². The first-order chi connectivity index (χ1) is 8.58. The molecule has 2 rings (SSSR count). The minimum Gasteiger partial charge on any atom is -0.496 e. The normalized spacial score (nSPS) is 19.1. The van der Waals surface area contributed by atoms with Gasteiger partial charge in [-0.1, -0.05) is 19.1 Å². The van der Waals surface area contributed by atoms with Gasteiger partial charge in [-0.15, -0.1) is 0 Å². The molecule has 18 heavy (non-hydrogen) atoms. The molecule has 1 aromatic carbocycles. The summed E-state index contributed by atoms with van der Waals surface area (Å²) in [5.41, 5.74) is 2.52. The van der Waals surface area contributed by atoms with Crippen molar-refractivity contribution in [3.8, 4) is 5.75 Å². The molecule has 0 aliphatic carbocycles. The molecule has 1 heterocycles. The molecule has 0 saturated carbocycles. The first kappa shape index (κ1) is 13.4. The van der Waals surface area contributed by atoms with Crippen LogP contribution in [-0.4, -0.2) is 32.0 Å². The highest BCUT2D eigenvalue weighted by Gasteiger charge is 2.35. The zero-order valence-electron chi connectivity index (χ0n) is 11.4. The van der Waals surface area contributed by atoms with E-state index < -0.39 is 0 Å². The molecule has 1 saturated heterocycles. The molecule has 0 spiro atoms. The van der Waals surface area contributed by atoms with E-state index in [0.29, 0.717) is 0 Å². The Morgan fingerprint density at radius 2 is 2.17 bits per heavy atom. The maximum absolute atomic E-state index is 9.61. The Kier molecular flexibility index (Phi) is 3.93. The van der Waals surface area contributed by atoms with Crippen molar-refractivity contribution < 1.29 is 14.6 Å². The minimum atomic E-state index is 0.182. The number of ether oxygens (including phenoxy) is 2. The molecule has 1 atom stereocenters. The van der Waals surface area contributed by atoms with Crippen LogP contribution < -0.4 is 4.74 Å². The van der Waals surface area contributed by atoms with Crippen LogP contribution in [0.3, 0.4) is 0 Å². The van der Waals surface area contributed by atoms with Gasteiger partial charge >= 0.3 is 0 Å². The van der Waals surface area contributed by atoms with Crippen molar-refractivity contribution in [2.45, 2.75) is 26.2 Å². The molecular formula is C15H22O3. The molecule has 0 amide bonds. The van der Waals surface area contributed by atoms with Crippen LogP contribution in [0.2, 0.25) is 0 Å². The lowest BCUT2D eigenvalue weighted by atomic mass is 9.77. The van der Waals surface area contributed by atoms with Gasteiger partial charge in [0.1, 0.15) is 5.75 Å². The lowest BCUT2D eigenvalue weighted by molar-refractivity contribution is -0.110. The van der Waals surface area contributed by atoms with E-state index in [1.165, 1.54) is 5.56 Å². The van der Waals surface area contributed by atoms with E-state index in [0.717, 1.165) is 30.9 Å². The summed E-state index contributed by atoms with van der Waals surface area (Å²) in [4.78, 5) is 0. The Balaban J connectivity index is 2.14. The predicted octanol–water partition coefficient (Wildman–Crippen LogP) is 2.51. The van der Waals surface area contributed by atoms with Gasteiger partial charge in [-0.25, -0.2) is 0 Å². The highest BCUT2D eigenvalue weighted by Crippen LogP contribution is 2.38. The topological polar surface area (TPSA) is 38.7 Å². The van der Waals surface area contributed by atoms with E-state index >= 15 is 0 Å². The van der Waals surface area contributed by atoms with Gasteiger partial charge in [0.05, 0.1) is 20.3 Å². The average molecular weight is 250 g/mol. The van der Waals surface area contributed by atoms with E-state index in [1.54, 1.807) is 7.11 Å². The third kappa shape index (κ3) is 2.68.